The van der Waals surface area contributed by atoms with Crippen LogP contribution in [-0.4, -0.2) is 47.6 Å². The topological polar surface area (TPSA) is 94.6 Å². The van der Waals surface area contributed by atoms with E-state index in [4.69, 9.17) is 15.2 Å². The summed E-state index contributed by atoms with van der Waals surface area (Å²) in [5.74, 6) is 0.699. The number of fused-ring (bicyclic) bond motifs is 1. The van der Waals surface area contributed by atoms with E-state index in [9.17, 15) is 5.11 Å². The van der Waals surface area contributed by atoms with Crippen LogP contribution in [0.4, 0.5) is 11.4 Å². The zero-order chi connectivity index (χ0) is 22.6. The molecular weight excluding hydrogens is 392 g/mol. The average Bonchev–Trinajstić information content (AvgIpc) is 3.11. The highest BCUT2D eigenvalue weighted by Crippen LogP contribution is 2.19. The minimum Gasteiger partial charge on any atom is -0.397 e. The number of hydrogen-bond donors (Lipinski definition) is 3. The first-order valence-electron chi connectivity index (χ1n) is 10.8. The molecule has 0 saturated heterocycles. The minimum atomic E-state index is -0.0418. The highest BCUT2D eigenvalue weighted by molar-refractivity contribution is 5.76. The monoisotopic (exact) mass is 428 g/mol. The van der Waals surface area contributed by atoms with Crippen molar-refractivity contribution in [3.8, 4) is 0 Å². The van der Waals surface area contributed by atoms with Gasteiger partial charge in [-0.25, -0.2) is 4.98 Å². The maximum Gasteiger partial charge on any atom is 0.135 e. The minimum absolute atomic E-state index is 0.0418. The third kappa shape index (κ3) is 7.54. The summed E-state index contributed by atoms with van der Waals surface area (Å²) in [5, 5.41) is 12.6. The SMILES string of the molecule is CCOCCNc1cc(C)ccc1N.CCOCCn1c(CO)nc2ccc(C)cc21. The van der Waals surface area contributed by atoms with E-state index in [-0.39, 0.29) is 6.61 Å². The number of nitrogen functional groups attached to an aromatic ring is 1. The summed E-state index contributed by atoms with van der Waals surface area (Å²) in [7, 11) is 0. The van der Waals surface area contributed by atoms with E-state index in [1.54, 1.807) is 0 Å². The molecule has 0 amide bonds. The summed E-state index contributed by atoms with van der Waals surface area (Å²) in [4.78, 5) is 4.41. The Kier molecular flexibility index (Phi) is 10.3. The van der Waals surface area contributed by atoms with Gasteiger partial charge in [-0.1, -0.05) is 12.1 Å². The second kappa shape index (κ2) is 12.9. The van der Waals surface area contributed by atoms with E-state index in [2.05, 4.69) is 23.3 Å². The molecule has 0 bridgehead atoms. The number of aliphatic hydroxyl groups is 1. The van der Waals surface area contributed by atoms with Crippen molar-refractivity contribution >= 4 is 22.4 Å². The highest BCUT2D eigenvalue weighted by atomic mass is 16.5. The Morgan fingerprint density at radius 1 is 1.00 bits per heavy atom. The predicted octanol–water partition coefficient (Wildman–Crippen LogP) is 3.90. The Bertz CT molecular complexity index is 940. The Hall–Kier alpha value is -2.61. The van der Waals surface area contributed by atoms with Crippen molar-refractivity contribution in [1.29, 1.82) is 0 Å². The van der Waals surface area contributed by atoms with Crippen LogP contribution < -0.4 is 11.1 Å². The molecule has 0 saturated carbocycles. The fourth-order valence-corrected chi connectivity index (χ4v) is 3.18. The first kappa shape index (κ1) is 24.7. The van der Waals surface area contributed by atoms with Gasteiger partial charge in [-0.3, -0.25) is 0 Å². The highest BCUT2D eigenvalue weighted by Gasteiger charge is 2.09. The van der Waals surface area contributed by atoms with Gasteiger partial charge in [0.05, 0.1) is 35.6 Å². The summed E-state index contributed by atoms with van der Waals surface area (Å²) in [6.45, 7) is 12.4. The normalized spacial score (nSPS) is 10.7. The van der Waals surface area contributed by atoms with Crippen LogP contribution in [0.3, 0.4) is 0 Å². The van der Waals surface area contributed by atoms with Crippen LogP contribution in [0.15, 0.2) is 36.4 Å². The lowest BCUT2D eigenvalue weighted by Gasteiger charge is -2.09. The quantitative estimate of drug-likeness (QED) is 0.335. The van der Waals surface area contributed by atoms with Crippen molar-refractivity contribution in [2.75, 3.05) is 44.0 Å². The number of nitrogens with two attached hydrogens (primary N) is 1. The van der Waals surface area contributed by atoms with Gasteiger partial charge in [0, 0.05) is 26.3 Å². The molecule has 0 fully saturated rings. The van der Waals surface area contributed by atoms with Crippen LogP contribution >= 0.6 is 0 Å². The number of benzene rings is 2. The predicted molar refractivity (Wildman–Crippen MR) is 127 cm³/mol. The number of aryl methyl sites for hydroxylation is 2. The molecule has 0 spiro atoms. The Labute approximate surface area is 185 Å². The van der Waals surface area contributed by atoms with Crippen LogP contribution in [0.2, 0.25) is 0 Å². The van der Waals surface area contributed by atoms with Gasteiger partial charge in [0.2, 0.25) is 0 Å². The lowest BCUT2D eigenvalue weighted by Crippen LogP contribution is -2.10. The number of nitrogens with one attached hydrogen (secondary N) is 1. The van der Waals surface area contributed by atoms with E-state index in [0.29, 0.717) is 25.6 Å². The van der Waals surface area contributed by atoms with Crippen LogP contribution in [-0.2, 0) is 22.6 Å². The number of aliphatic hydroxyl groups excluding tert-OH is 1. The van der Waals surface area contributed by atoms with Crippen molar-refractivity contribution < 1.29 is 14.6 Å². The summed E-state index contributed by atoms with van der Waals surface area (Å²) >= 11 is 0. The fraction of sp³-hybridized carbons (Fsp3) is 0.458. The van der Waals surface area contributed by atoms with Gasteiger partial charge in [-0.05, 0) is 63.1 Å². The molecule has 3 rings (SSSR count). The van der Waals surface area contributed by atoms with Gasteiger partial charge in [-0.15, -0.1) is 0 Å². The fourth-order valence-electron chi connectivity index (χ4n) is 3.18. The molecule has 0 radical (unpaired) electrons. The van der Waals surface area contributed by atoms with Gasteiger partial charge < -0.3 is 30.2 Å². The third-order valence-electron chi connectivity index (χ3n) is 4.76. The zero-order valence-electron chi connectivity index (χ0n) is 19.1. The van der Waals surface area contributed by atoms with Gasteiger partial charge in [0.1, 0.15) is 12.4 Å². The molecule has 31 heavy (non-hydrogen) atoms. The second-order valence-corrected chi connectivity index (χ2v) is 7.24. The lowest BCUT2D eigenvalue weighted by molar-refractivity contribution is 0.137. The van der Waals surface area contributed by atoms with E-state index in [0.717, 1.165) is 42.1 Å². The molecular formula is C24H36N4O3. The second-order valence-electron chi connectivity index (χ2n) is 7.24. The molecule has 7 heteroatoms. The van der Waals surface area contributed by atoms with E-state index in [1.807, 2.05) is 55.7 Å². The van der Waals surface area contributed by atoms with Crippen LogP contribution in [0.25, 0.3) is 11.0 Å². The number of imidazole rings is 1. The van der Waals surface area contributed by atoms with Crippen molar-refractivity contribution in [3.63, 3.8) is 0 Å². The molecule has 4 N–H and O–H groups in total. The number of anilines is 2. The largest absolute Gasteiger partial charge is 0.397 e. The van der Waals surface area contributed by atoms with Crippen LogP contribution in [0, 0.1) is 13.8 Å². The number of nitrogens with zero attached hydrogens (tertiary/aromatic N) is 2. The lowest BCUT2D eigenvalue weighted by atomic mass is 10.2. The summed E-state index contributed by atoms with van der Waals surface area (Å²) in [5.41, 5.74) is 12.0. The molecule has 7 nitrogen and oxygen atoms in total. The van der Waals surface area contributed by atoms with Crippen molar-refractivity contribution in [1.82, 2.24) is 9.55 Å². The summed E-state index contributed by atoms with van der Waals surface area (Å²) in [6.07, 6.45) is 0. The van der Waals surface area contributed by atoms with Gasteiger partial charge in [-0.2, -0.15) is 0 Å². The summed E-state index contributed by atoms with van der Waals surface area (Å²) in [6, 6.07) is 12.1. The Morgan fingerprint density at radius 3 is 2.39 bits per heavy atom. The Balaban J connectivity index is 0.000000225. The molecule has 1 heterocycles. The average molecular weight is 429 g/mol. The Morgan fingerprint density at radius 2 is 1.68 bits per heavy atom. The maximum absolute atomic E-state index is 9.32. The summed E-state index contributed by atoms with van der Waals surface area (Å²) < 4.78 is 12.6. The van der Waals surface area contributed by atoms with Crippen molar-refractivity contribution in [2.45, 2.75) is 40.8 Å². The van der Waals surface area contributed by atoms with E-state index in [1.165, 1.54) is 11.1 Å². The van der Waals surface area contributed by atoms with E-state index < -0.39 is 0 Å². The molecule has 0 atom stereocenters. The standard InChI is InChI=1S/C13H18N2O2.C11H18N2O/c1-3-17-7-6-15-12-8-10(2)4-5-11(12)14-13(15)9-16;1-3-14-7-6-13-11-8-9(2)4-5-10(11)12/h4-5,8,16H,3,6-7,9H2,1-2H3;4-5,8,13H,3,6-7,12H2,1-2H3. The molecule has 0 aliphatic heterocycles. The molecule has 2 aromatic carbocycles. The number of rotatable bonds is 10. The first-order valence-corrected chi connectivity index (χ1v) is 10.8. The van der Waals surface area contributed by atoms with E-state index >= 15 is 0 Å². The van der Waals surface area contributed by atoms with Gasteiger partial charge >= 0.3 is 0 Å². The smallest absolute Gasteiger partial charge is 0.135 e. The van der Waals surface area contributed by atoms with Crippen molar-refractivity contribution in [2.24, 2.45) is 0 Å². The number of ether oxygens (including phenoxy) is 2. The van der Waals surface area contributed by atoms with Gasteiger partial charge in [0.15, 0.2) is 0 Å². The van der Waals surface area contributed by atoms with Crippen LogP contribution in [0.1, 0.15) is 30.8 Å². The third-order valence-corrected chi connectivity index (χ3v) is 4.76. The number of hydrogen-bond acceptors (Lipinski definition) is 6. The molecule has 3 aromatic rings. The zero-order valence-corrected chi connectivity index (χ0v) is 19.1. The van der Waals surface area contributed by atoms with Crippen molar-refractivity contribution in [3.05, 3.63) is 53.3 Å². The number of aromatic nitrogens is 2. The molecule has 0 aliphatic rings. The molecule has 0 aliphatic carbocycles. The molecule has 1 aromatic heterocycles. The molecule has 0 unspecified atom stereocenters. The molecule has 170 valence electrons. The first-order chi connectivity index (χ1) is 15.0. The van der Waals surface area contributed by atoms with Gasteiger partial charge in [0.25, 0.3) is 0 Å². The van der Waals surface area contributed by atoms with Crippen LogP contribution in [0.5, 0.6) is 0 Å². The maximum atomic E-state index is 9.32.